The van der Waals surface area contributed by atoms with Crippen molar-refractivity contribution in [2.24, 2.45) is 5.92 Å². The van der Waals surface area contributed by atoms with Gasteiger partial charge in [-0.05, 0) is 52.8 Å². The molecule has 1 fully saturated rings. The maximum absolute atomic E-state index is 12.4. The van der Waals surface area contributed by atoms with E-state index in [9.17, 15) is 14.9 Å². The van der Waals surface area contributed by atoms with Gasteiger partial charge in [-0.25, -0.2) is 4.79 Å². The van der Waals surface area contributed by atoms with E-state index in [1.807, 2.05) is 13.8 Å². The molecule has 1 saturated heterocycles. The van der Waals surface area contributed by atoms with E-state index in [4.69, 9.17) is 4.74 Å². The molecule has 0 atom stereocenters. The average molecular weight is 306 g/mol. The summed E-state index contributed by atoms with van der Waals surface area (Å²) < 4.78 is 5.69. The van der Waals surface area contributed by atoms with Crippen LogP contribution in [0.5, 0.6) is 0 Å². The molecular weight excluding hydrogens is 284 g/mol. The van der Waals surface area contributed by atoms with Crippen molar-refractivity contribution in [2.45, 2.75) is 39.2 Å². The lowest BCUT2D eigenvalue weighted by atomic mass is 9.83. The monoisotopic (exact) mass is 306 g/mol. The summed E-state index contributed by atoms with van der Waals surface area (Å²) in [6.07, 6.45) is 1.91. The molecule has 0 saturated carbocycles. The number of benzene rings is 1. The number of nitro benzene ring substituents is 1. The van der Waals surface area contributed by atoms with Gasteiger partial charge in [0.1, 0.15) is 5.60 Å². The Morgan fingerprint density at radius 3 is 2.59 bits per heavy atom. The van der Waals surface area contributed by atoms with E-state index in [-0.39, 0.29) is 17.2 Å². The molecule has 120 valence electrons. The molecule has 1 aromatic carbocycles. The second-order valence-corrected chi connectivity index (χ2v) is 6.22. The lowest BCUT2D eigenvalue weighted by Gasteiger charge is -2.36. The fourth-order valence-electron chi connectivity index (χ4n) is 2.94. The molecule has 6 nitrogen and oxygen atoms in total. The third kappa shape index (κ3) is 3.44. The first-order chi connectivity index (χ1) is 10.3. The maximum Gasteiger partial charge on any atom is 0.339 e. The number of esters is 1. The lowest BCUT2D eigenvalue weighted by Crippen LogP contribution is -2.42. The van der Waals surface area contributed by atoms with E-state index in [1.165, 1.54) is 12.1 Å². The third-order valence-corrected chi connectivity index (χ3v) is 4.40. The molecule has 0 unspecified atom stereocenters. The first-order valence-electron chi connectivity index (χ1n) is 7.51. The minimum Gasteiger partial charge on any atom is -0.456 e. The van der Waals surface area contributed by atoms with Gasteiger partial charge in [0.2, 0.25) is 0 Å². The van der Waals surface area contributed by atoms with Gasteiger partial charge >= 0.3 is 5.97 Å². The van der Waals surface area contributed by atoms with Crippen molar-refractivity contribution in [3.63, 3.8) is 0 Å². The van der Waals surface area contributed by atoms with Gasteiger partial charge in [0.05, 0.1) is 10.5 Å². The van der Waals surface area contributed by atoms with Gasteiger partial charge in [-0.3, -0.25) is 10.1 Å². The van der Waals surface area contributed by atoms with Crippen LogP contribution in [0.3, 0.4) is 0 Å². The van der Waals surface area contributed by atoms with Crippen LogP contribution in [0, 0.1) is 23.0 Å². The fraction of sp³-hybridized carbons (Fsp3) is 0.562. The fourth-order valence-corrected chi connectivity index (χ4v) is 2.94. The molecule has 6 heteroatoms. The van der Waals surface area contributed by atoms with Gasteiger partial charge in [0, 0.05) is 17.5 Å². The highest BCUT2D eigenvalue weighted by molar-refractivity contribution is 5.92. The number of rotatable bonds is 4. The number of nitrogens with zero attached hydrogens (tertiary/aromatic N) is 1. The van der Waals surface area contributed by atoms with Gasteiger partial charge in [-0.15, -0.1) is 0 Å². The zero-order valence-electron chi connectivity index (χ0n) is 13.2. The third-order valence-electron chi connectivity index (χ3n) is 4.40. The molecule has 1 N–H and O–H groups in total. The average Bonchev–Trinajstić information content (AvgIpc) is 2.47. The standard InChI is InChI=1S/C16H22N2O4/c1-11-13(5-4-6-14(11)18(20)21)15(19)22-16(2,3)12-7-9-17-10-8-12/h4-6,12,17H,7-10H2,1-3H3. The minimum atomic E-state index is -0.587. The molecule has 2 rings (SSSR count). The first-order valence-corrected chi connectivity index (χ1v) is 7.51. The van der Waals surface area contributed by atoms with Crippen LogP contribution in [0.25, 0.3) is 0 Å². The normalized spacial score (nSPS) is 16.3. The summed E-state index contributed by atoms with van der Waals surface area (Å²) >= 11 is 0. The highest BCUT2D eigenvalue weighted by Gasteiger charge is 2.35. The number of piperidine rings is 1. The molecule has 0 aromatic heterocycles. The van der Waals surface area contributed by atoms with Crippen LogP contribution in [-0.4, -0.2) is 29.6 Å². The van der Waals surface area contributed by atoms with E-state index >= 15 is 0 Å². The molecule has 0 radical (unpaired) electrons. The predicted molar refractivity (Wildman–Crippen MR) is 82.9 cm³/mol. The Morgan fingerprint density at radius 1 is 1.36 bits per heavy atom. The highest BCUT2D eigenvalue weighted by Crippen LogP contribution is 2.31. The van der Waals surface area contributed by atoms with Crippen molar-refractivity contribution < 1.29 is 14.5 Å². The highest BCUT2D eigenvalue weighted by atomic mass is 16.6. The Balaban J connectivity index is 2.18. The summed E-state index contributed by atoms with van der Waals surface area (Å²) in [5, 5.41) is 14.3. The lowest BCUT2D eigenvalue weighted by molar-refractivity contribution is -0.385. The number of nitro groups is 1. The van der Waals surface area contributed by atoms with Crippen LogP contribution in [0.15, 0.2) is 18.2 Å². The molecule has 0 amide bonds. The van der Waals surface area contributed by atoms with Crippen molar-refractivity contribution in [3.8, 4) is 0 Å². The van der Waals surface area contributed by atoms with Gasteiger partial charge in [0.15, 0.2) is 0 Å². The smallest absolute Gasteiger partial charge is 0.339 e. The zero-order chi connectivity index (χ0) is 16.3. The molecule has 0 bridgehead atoms. The van der Waals surface area contributed by atoms with Crippen molar-refractivity contribution in [2.75, 3.05) is 13.1 Å². The Morgan fingerprint density at radius 2 is 2.00 bits per heavy atom. The molecule has 22 heavy (non-hydrogen) atoms. The Bertz CT molecular complexity index is 578. The summed E-state index contributed by atoms with van der Waals surface area (Å²) in [5.74, 6) is -0.207. The maximum atomic E-state index is 12.4. The number of nitrogens with one attached hydrogen (secondary N) is 1. The summed E-state index contributed by atoms with van der Waals surface area (Å²) in [7, 11) is 0. The van der Waals surface area contributed by atoms with Gasteiger partial charge < -0.3 is 10.1 Å². The van der Waals surface area contributed by atoms with Crippen LogP contribution in [0.2, 0.25) is 0 Å². The first kappa shape index (κ1) is 16.4. The molecule has 0 aliphatic carbocycles. The van der Waals surface area contributed by atoms with Crippen molar-refractivity contribution in [3.05, 3.63) is 39.4 Å². The molecule has 1 aromatic rings. The van der Waals surface area contributed by atoms with Gasteiger partial charge in [0.25, 0.3) is 5.69 Å². The van der Waals surface area contributed by atoms with Crippen LogP contribution in [0.1, 0.15) is 42.6 Å². The van der Waals surface area contributed by atoms with E-state index in [0.29, 0.717) is 5.56 Å². The van der Waals surface area contributed by atoms with E-state index in [1.54, 1.807) is 13.0 Å². The Labute approximate surface area is 130 Å². The van der Waals surface area contributed by atoms with Crippen LogP contribution < -0.4 is 5.32 Å². The van der Waals surface area contributed by atoms with E-state index in [0.717, 1.165) is 25.9 Å². The van der Waals surface area contributed by atoms with Crippen LogP contribution >= 0.6 is 0 Å². The van der Waals surface area contributed by atoms with E-state index in [2.05, 4.69) is 5.32 Å². The predicted octanol–water partition coefficient (Wildman–Crippen LogP) is 2.84. The van der Waals surface area contributed by atoms with E-state index < -0.39 is 16.5 Å². The molecule has 0 spiro atoms. The van der Waals surface area contributed by atoms with Crippen molar-refractivity contribution in [1.29, 1.82) is 0 Å². The molecule has 1 heterocycles. The summed E-state index contributed by atoms with van der Waals surface area (Å²) in [5.41, 5.74) is -0.0417. The summed E-state index contributed by atoms with van der Waals surface area (Å²) in [6.45, 7) is 7.23. The SMILES string of the molecule is Cc1c(C(=O)OC(C)(C)C2CCNCC2)cccc1[N+](=O)[O-]. The number of hydrogen-bond donors (Lipinski definition) is 1. The van der Waals surface area contributed by atoms with Crippen molar-refractivity contribution in [1.82, 2.24) is 5.32 Å². The van der Waals surface area contributed by atoms with Crippen LogP contribution in [-0.2, 0) is 4.74 Å². The second kappa shape index (κ2) is 6.44. The second-order valence-electron chi connectivity index (χ2n) is 6.22. The largest absolute Gasteiger partial charge is 0.456 e. The Hall–Kier alpha value is -1.95. The molecule has 1 aliphatic heterocycles. The van der Waals surface area contributed by atoms with Crippen LogP contribution in [0.4, 0.5) is 5.69 Å². The summed E-state index contributed by atoms with van der Waals surface area (Å²) in [6, 6.07) is 4.48. The quantitative estimate of drug-likeness (QED) is 0.525. The summed E-state index contributed by atoms with van der Waals surface area (Å²) in [4.78, 5) is 22.9. The van der Waals surface area contributed by atoms with Gasteiger partial charge in [-0.1, -0.05) is 6.07 Å². The topological polar surface area (TPSA) is 81.5 Å². The van der Waals surface area contributed by atoms with Crippen molar-refractivity contribution >= 4 is 11.7 Å². The molecular formula is C16H22N2O4. The zero-order valence-corrected chi connectivity index (χ0v) is 13.2. The van der Waals surface area contributed by atoms with Gasteiger partial charge in [-0.2, -0.15) is 0 Å². The number of carbonyl (C=O) groups is 1. The Kier molecular flexibility index (Phi) is 4.81. The number of ether oxygens (including phenoxy) is 1. The minimum absolute atomic E-state index is 0.0610. The molecule has 1 aliphatic rings. The number of carbonyl (C=O) groups excluding carboxylic acids is 1. The number of hydrogen-bond acceptors (Lipinski definition) is 5.